The minimum atomic E-state index is -0.315. The van der Waals surface area contributed by atoms with E-state index in [4.69, 9.17) is 4.74 Å². The Kier molecular flexibility index (Phi) is 4.48. The van der Waals surface area contributed by atoms with E-state index in [2.05, 4.69) is 42.7 Å². The Morgan fingerprint density at radius 2 is 2.00 bits per heavy atom. The van der Waals surface area contributed by atoms with E-state index in [0.717, 1.165) is 52.2 Å². The number of amides is 1. The SMILES string of the molecule is COc1ccc2ccccc2c1[C@@H]1NC(=O)c2c(sc3c2CC[NH+](C(C)C)C3)N1. The fourth-order valence-electron chi connectivity index (χ4n) is 4.60. The predicted octanol–water partition coefficient (Wildman–Crippen LogP) is 3.11. The first-order chi connectivity index (χ1) is 14.1. The highest BCUT2D eigenvalue weighted by molar-refractivity contribution is 7.16. The van der Waals surface area contributed by atoms with Crippen molar-refractivity contribution < 1.29 is 14.4 Å². The van der Waals surface area contributed by atoms with Gasteiger partial charge in [-0.25, -0.2) is 0 Å². The van der Waals surface area contributed by atoms with Crippen molar-refractivity contribution in [3.8, 4) is 5.75 Å². The number of benzene rings is 2. The maximum atomic E-state index is 13.2. The summed E-state index contributed by atoms with van der Waals surface area (Å²) < 4.78 is 5.66. The number of fused-ring (bicyclic) bond motifs is 4. The van der Waals surface area contributed by atoms with E-state index in [9.17, 15) is 4.79 Å². The molecule has 1 aromatic heterocycles. The van der Waals surface area contributed by atoms with Crippen molar-refractivity contribution in [1.82, 2.24) is 5.32 Å². The van der Waals surface area contributed by atoms with Gasteiger partial charge in [0.05, 0.1) is 30.1 Å². The molecule has 6 heteroatoms. The Hall–Kier alpha value is -2.57. The van der Waals surface area contributed by atoms with Crippen molar-refractivity contribution in [2.24, 2.45) is 0 Å². The van der Waals surface area contributed by atoms with Crippen LogP contribution in [0.5, 0.6) is 5.75 Å². The van der Waals surface area contributed by atoms with Gasteiger partial charge < -0.3 is 20.3 Å². The molecule has 2 aliphatic rings. The van der Waals surface area contributed by atoms with E-state index in [1.807, 2.05) is 18.2 Å². The molecule has 0 bridgehead atoms. The number of quaternary nitrogens is 1. The van der Waals surface area contributed by atoms with E-state index in [0.29, 0.717) is 6.04 Å². The third kappa shape index (κ3) is 2.98. The largest absolute Gasteiger partial charge is 0.496 e. The van der Waals surface area contributed by atoms with Crippen LogP contribution in [0.15, 0.2) is 36.4 Å². The lowest BCUT2D eigenvalue weighted by atomic mass is 9.97. The molecule has 0 saturated heterocycles. The number of methoxy groups -OCH3 is 1. The highest BCUT2D eigenvalue weighted by Crippen LogP contribution is 2.42. The van der Waals surface area contributed by atoms with Gasteiger partial charge in [0.25, 0.3) is 5.91 Å². The molecule has 0 fully saturated rings. The average molecular weight is 409 g/mol. The standard InChI is InChI=1S/C23H25N3O2S/c1-13(2)26-11-10-16-18(12-26)29-23-20(16)22(27)24-21(25-23)19-15-7-5-4-6-14(15)8-9-17(19)28-3/h4-9,13,21,25H,10-12H2,1-3H3,(H,24,27)/p+1/t21-/m1/s1. The van der Waals surface area contributed by atoms with E-state index in [1.165, 1.54) is 10.4 Å². The van der Waals surface area contributed by atoms with Gasteiger partial charge in [-0.2, -0.15) is 0 Å². The molecule has 29 heavy (non-hydrogen) atoms. The van der Waals surface area contributed by atoms with E-state index < -0.39 is 0 Å². The highest BCUT2D eigenvalue weighted by Gasteiger charge is 2.36. The van der Waals surface area contributed by atoms with Gasteiger partial charge in [0.1, 0.15) is 23.5 Å². The molecule has 0 spiro atoms. The molecule has 5 nitrogen and oxygen atoms in total. The molecular formula is C23H26N3O2S+. The normalized spacial score (nSPS) is 20.8. The van der Waals surface area contributed by atoms with Crippen LogP contribution in [-0.2, 0) is 13.0 Å². The summed E-state index contributed by atoms with van der Waals surface area (Å²) in [5.74, 6) is 0.797. The molecule has 5 rings (SSSR count). The van der Waals surface area contributed by atoms with Gasteiger partial charge in [0.15, 0.2) is 0 Å². The number of carbonyl (C=O) groups is 1. The highest BCUT2D eigenvalue weighted by atomic mass is 32.1. The van der Waals surface area contributed by atoms with E-state index in [-0.39, 0.29) is 12.1 Å². The summed E-state index contributed by atoms with van der Waals surface area (Å²) in [7, 11) is 1.68. The molecule has 0 saturated carbocycles. The molecule has 0 aliphatic carbocycles. The van der Waals surface area contributed by atoms with Crippen LogP contribution in [0, 0.1) is 0 Å². The number of hydrogen-bond acceptors (Lipinski definition) is 4. The maximum Gasteiger partial charge on any atom is 0.256 e. The molecule has 150 valence electrons. The molecule has 2 aliphatic heterocycles. The quantitative estimate of drug-likeness (QED) is 0.624. The minimum Gasteiger partial charge on any atom is -0.496 e. The van der Waals surface area contributed by atoms with Crippen LogP contribution in [0.3, 0.4) is 0 Å². The molecule has 3 N–H and O–H groups in total. The van der Waals surface area contributed by atoms with Crippen LogP contribution in [-0.4, -0.2) is 25.6 Å². The van der Waals surface area contributed by atoms with E-state index >= 15 is 0 Å². The van der Waals surface area contributed by atoms with Gasteiger partial charge in [-0.15, -0.1) is 11.3 Å². The van der Waals surface area contributed by atoms with Crippen molar-refractivity contribution >= 4 is 33.0 Å². The maximum absolute atomic E-state index is 13.2. The fraction of sp³-hybridized carbons (Fsp3) is 0.348. The zero-order valence-corrected chi connectivity index (χ0v) is 17.8. The van der Waals surface area contributed by atoms with Crippen molar-refractivity contribution in [2.45, 2.75) is 39.0 Å². The lowest BCUT2D eigenvalue weighted by molar-refractivity contribution is -0.936. The van der Waals surface area contributed by atoms with Crippen LogP contribution >= 0.6 is 11.3 Å². The van der Waals surface area contributed by atoms with Crippen molar-refractivity contribution in [1.29, 1.82) is 0 Å². The van der Waals surface area contributed by atoms with Gasteiger partial charge in [0, 0.05) is 12.0 Å². The minimum absolute atomic E-state index is 0.0178. The number of carbonyl (C=O) groups excluding carboxylic acids is 1. The zero-order chi connectivity index (χ0) is 20.1. The second-order valence-corrected chi connectivity index (χ2v) is 9.26. The number of rotatable bonds is 3. The predicted molar refractivity (Wildman–Crippen MR) is 117 cm³/mol. The number of anilines is 1. The van der Waals surface area contributed by atoms with Gasteiger partial charge in [-0.1, -0.05) is 30.3 Å². The summed E-state index contributed by atoms with van der Waals surface area (Å²) in [6, 6.07) is 12.8. The topological polar surface area (TPSA) is 54.8 Å². The smallest absolute Gasteiger partial charge is 0.256 e. The fourth-order valence-corrected chi connectivity index (χ4v) is 5.93. The van der Waals surface area contributed by atoms with Crippen LogP contribution in [0.1, 0.15) is 46.4 Å². The Bertz CT molecular complexity index is 1100. The molecule has 3 aromatic rings. The van der Waals surface area contributed by atoms with Crippen molar-refractivity contribution in [3.63, 3.8) is 0 Å². The number of ether oxygens (including phenoxy) is 1. The summed E-state index contributed by atoms with van der Waals surface area (Å²) in [6.07, 6.45) is 0.649. The van der Waals surface area contributed by atoms with Gasteiger partial charge in [-0.3, -0.25) is 4.79 Å². The molecule has 1 amide bonds. The molecule has 3 heterocycles. The van der Waals surface area contributed by atoms with Gasteiger partial charge in [-0.05, 0) is 36.2 Å². The molecular weight excluding hydrogens is 382 g/mol. The third-order valence-corrected chi connectivity index (χ3v) is 7.37. The Balaban J connectivity index is 1.57. The lowest BCUT2D eigenvalue weighted by Gasteiger charge is -2.29. The zero-order valence-electron chi connectivity index (χ0n) is 17.0. The molecule has 1 unspecified atom stereocenters. The Morgan fingerprint density at radius 3 is 2.79 bits per heavy atom. The molecule has 2 aromatic carbocycles. The van der Waals surface area contributed by atoms with Crippen LogP contribution in [0.4, 0.5) is 5.00 Å². The number of thiophene rings is 1. The Labute approximate surface area is 174 Å². The summed E-state index contributed by atoms with van der Waals surface area (Å²) in [5, 5.41) is 10.0. The summed E-state index contributed by atoms with van der Waals surface area (Å²) in [5.41, 5.74) is 3.07. The molecule has 0 radical (unpaired) electrons. The van der Waals surface area contributed by atoms with Crippen molar-refractivity contribution in [3.05, 3.63) is 58.0 Å². The summed E-state index contributed by atoms with van der Waals surface area (Å²) >= 11 is 1.75. The number of hydrogen-bond donors (Lipinski definition) is 3. The van der Waals surface area contributed by atoms with Gasteiger partial charge in [0.2, 0.25) is 0 Å². The third-order valence-electron chi connectivity index (χ3n) is 6.21. The van der Waals surface area contributed by atoms with Gasteiger partial charge >= 0.3 is 0 Å². The Morgan fingerprint density at radius 1 is 1.17 bits per heavy atom. The van der Waals surface area contributed by atoms with Crippen LogP contribution < -0.4 is 20.3 Å². The monoisotopic (exact) mass is 408 g/mol. The average Bonchev–Trinajstić information content (AvgIpc) is 3.10. The van der Waals surface area contributed by atoms with E-state index in [1.54, 1.807) is 23.3 Å². The second-order valence-electron chi connectivity index (χ2n) is 8.15. The first-order valence-electron chi connectivity index (χ1n) is 10.2. The van der Waals surface area contributed by atoms with Crippen LogP contribution in [0.25, 0.3) is 10.8 Å². The molecule has 2 atom stereocenters. The summed E-state index contributed by atoms with van der Waals surface area (Å²) in [4.78, 5) is 16.1. The second kappa shape index (κ2) is 7.04. The van der Waals surface area contributed by atoms with Crippen LogP contribution in [0.2, 0.25) is 0 Å². The summed E-state index contributed by atoms with van der Waals surface area (Å²) in [6.45, 7) is 6.62. The lowest BCUT2D eigenvalue weighted by Crippen LogP contribution is -3.14. The first kappa shape index (κ1) is 18.5. The first-order valence-corrected chi connectivity index (χ1v) is 11.0. The number of nitrogens with one attached hydrogen (secondary N) is 3. The van der Waals surface area contributed by atoms with Crippen molar-refractivity contribution in [2.75, 3.05) is 19.0 Å².